The first-order valence-corrected chi connectivity index (χ1v) is 7.64. The van der Waals surface area contributed by atoms with E-state index in [0.29, 0.717) is 10.5 Å². The fraction of sp³-hybridized carbons (Fsp3) is 0.533. The van der Waals surface area contributed by atoms with Crippen molar-refractivity contribution >= 4 is 17.7 Å². The molecule has 0 aromatic heterocycles. The summed E-state index contributed by atoms with van der Waals surface area (Å²) in [5.74, 6) is -0.775. The predicted octanol–water partition coefficient (Wildman–Crippen LogP) is 2.64. The summed E-state index contributed by atoms with van der Waals surface area (Å²) < 4.78 is 0. The van der Waals surface area contributed by atoms with E-state index in [1.54, 1.807) is 0 Å². The van der Waals surface area contributed by atoms with Gasteiger partial charge in [0.1, 0.15) is 0 Å². The molecule has 19 heavy (non-hydrogen) atoms. The van der Waals surface area contributed by atoms with Gasteiger partial charge >= 0.3 is 5.97 Å². The maximum atomic E-state index is 10.6. The quantitative estimate of drug-likeness (QED) is 0.920. The third-order valence-electron chi connectivity index (χ3n) is 3.28. The van der Waals surface area contributed by atoms with Crippen LogP contribution in [-0.2, 0) is 17.8 Å². The van der Waals surface area contributed by atoms with E-state index < -0.39 is 5.97 Å². The molecule has 4 heteroatoms. The molecule has 2 rings (SSSR count). The Kier molecular flexibility index (Phi) is 4.88. The third kappa shape index (κ3) is 4.55. The number of carboxylic acids is 1. The van der Waals surface area contributed by atoms with Crippen LogP contribution in [0.25, 0.3) is 0 Å². The minimum Gasteiger partial charge on any atom is -0.481 e. The van der Waals surface area contributed by atoms with Crippen LogP contribution < -0.4 is 0 Å². The molecule has 1 aliphatic rings. The van der Waals surface area contributed by atoms with Crippen molar-refractivity contribution in [2.24, 2.45) is 0 Å². The van der Waals surface area contributed by atoms with Crippen LogP contribution in [0.3, 0.4) is 0 Å². The second kappa shape index (κ2) is 6.44. The molecule has 0 amide bonds. The maximum Gasteiger partial charge on any atom is 0.307 e. The molecule has 3 nitrogen and oxygen atoms in total. The number of carbonyl (C=O) groups is 1. The topological polar surface area (TPSA) is 40.5 Å². The molecule has 1 aliphatic heterocycles. The summed E-state index contributed by atoms with van der Waals surface area (Å²) in [6, 6.07) is 7.95. The first kappa shape index (κ1) is 14.4. The molecule has 1 aromatic rings. The highest BCUT2D eigenvalue weighted by molar-refractivity contribution is 8.00. The van der Waals surface area contributed by atoms with Gasteiger partial charge < -0.3 is 5.11 Å². The molecule has 2 unspecified atom stereocenters. The molecule has 2 atom stereocenters. The molecular formula is C15H21NO2S. The van der Waals surface area contributed by atoms with Crippen molar-refractivity contribution in [1.29, 1.82) is 0 Å². The number of benzene rings is 1. The number of hydrogen-bond donors (Lipinski definition) is 1. The Morgan fingerprint density at radius 3 is 2.26 bits per heavy atom. The van der Waals surface area contributed by atoms with Gasteiger partial charge in [-0.05, 0) is 11.1 Å². The van der Waals surface area contributed by atoms with Crippen LogP contribution >= 0.6 is 11.8 Å². The van der Waals surface area contributed by atoms with Crippen molar-refractivity contribution in [2.75, 3.05) is 13.1 Å². The summed E-state index contributed by atoms with van der Waals surface area (Å²) in [6.07, 6.45) is 0.106. The fourth-order valence-electron chi connectivity index (χ4n) is 2.61. The summed E-state index contributed by atoms with van der Waals surface area (Å²) in [7, 11) is 0. The predicted molar refractivity (Wildman–Crippen MR) is 79.6 cm³/mol. The summed E-state index contributed by atoms with van der Waals surface area (Å²) in [5.41, 5.74) is 2.13. The monoisotopic (exact) mass is 279 g/mol. The first-order chi connectivity index (χ1) is 9.02. The van der Waals surface area contributed by atoms with Gasteiger partial charge in [0.15, 0.2) is 0 Å². The van der Waals surface area contributed by atoms with Crippen molar-refractivity contribution in [3.8, 4) is 0 Å². The second-order valence-electron chi connectivity index (χ2n) is 5.34. The van der Waals surface area contributed by atoms with E-state index in [0.717, 1.165) is 25.2 Å². The Hall–Kier alpha value is -1.00. The molecule has 0 bridgehead atoms. The zero-order valence-corrected chi connectivity index (χ0v) is 12.3. The van der Waals surface area contributed by atoms with E-state index in [1.165, 1.54) is 5.56 Å². The molecule has 0 aliphatic carbocycles. The number of thioether (sulfide) groups is 1. The van der Waals surface area contributed by atoms with Crippen LogP contribution in [0.4, 0.5) is 0 Å². The number of rotatable bonds is 4. The van der Waals surface area contributed by atoms with Gasteiger partial charge in [-0.1, -0.05) is 38.1 Å². The van der Waals surface area contributed by atoms with Gasteiger partial charge in [0.25, 0.3) is 0 Å². The van der Waals surface area contributed by atoms with Crippen LogP contribution in [0, 0.1) is 0 Å². The SMILES string of the molecule is CC1CN(Cc2ccc(CC(=O)O)cc2)CC(C)S1. The highest BCUT2D eigenvalue weighted by atomic mass is 32.2. The van der Waals surface area contributed by atoms with E-state index in [9.17, 15) is 4.79 Å². The van der Waals surface area contributed by atoms with Crippen LogP contribution in [-0.4, -0.2) is 39.6 Å². The van der Waals surface area contributed by atoms with Gasteiger partial charge in [-0.3, -0.25) is 9.69 Å². The van der Waals surface area contributed by atoms with E-state index in [-0.39, 0.29) is 6.42 Å². The van der Waals surface area contributed by atoms with Crippen LogP contribution in [0.5, 0.6) is 0 Å². The van der Waals surface area contributed by atoms with Crippen molar-refractivity contribution < 1.29 is 9.90 Å². The molecular weight excluding hydrogens is 258 g/mol. The highest BCUT2D eigenvalue weighted by Crippen LogP contribution is 2.25. The Morgan fingerprint density at radius 2 is 1.74 bits per heavy atom. The van der Waals surface area contributed by atoms with Crippen molar-refractivity contribution in [1.82, 2.24) is 4.90 Å². The largest absolute Gasteiger partial charge is 0.481 e. The Labute approximate surface area is 119 Å². The van der Waals surface area contributed by atoms with Gasteiger partial charge in [-0.15, -0.1) is 0 Å². The van der Waals surface area contributed by atoms with Crippen molar-refractivity contribution in [3.05, 3.63) is 35.4 Å². The summed E-state index contributed by atoms with van der Waals surface area (Å²) >= 11 is 2.06. The molecule has 1 N–H and O–H groups in total. The molecule has 1 aromatic carbocycles. The summed E-state index contributed by atoms with van der Waals surface area (Å²) in [5, 5.41) is 10.1. The third-order valence-corrected chi connectivity index (χ3v) is 4.51. The van der Waals surface area contributed by atoms with Gasteiger partial charge in [-0.2, -0.15) is 11.8 Å². The normalized spacial score (nSPS) is 24.3. The zero-order valence-electron chi connectivity index (χ0n) is 11.5. The first-order valence-electron chi connectivity index (χ1n) is 6.70. The number of hydrogen-bond acceptors (Lipinski definition) is 3. The minimum atomic E-state index is -0.775. The maximum absolute atomic E-state index is 10.6. The zero-order chi connectivity index (χ0) is 13.8. The van der Waals surface area contributed by atoms with Gasteiger partial charge in [-0.25, -0.2) is 0 Å². The van der Waals surface area contributed by atoms with Gasteiger partial charge in [0.05, 0.1) is 6.42 Å². The van der Waals surface area contributed by atoms with Crippen LogP contribution in [0.2, 0.25) is 0 Å². The highest BCUT2D eigenvalue weighted by Gasteiger charge is 2.21. The lowest BCUT2D eigenvalue weighted by molar-refractivity contribution is -0.136. The molecule has 1 fully saturated rings. The lowest BCUT2D eigenvalue weighted by Crippen LogP contribution is -2.39. The van der Waals surface area contributed by atoms with Crippen LogP contribution in [0.15, 0.2) is 24.3 Å². The minimum absolute atomic E-state index is 0.106. The lowest BCUT2D eigenvalue weighted by Gasteiger charge is -2.34. The standard InChI is InChI=1S/C15H21NO2S/c1-11-8-16(9-12(2)19-11)10-14-5-3-13(4-6-14)7-15(17)18/h3-6,11-12H,7-10H2,1-2H3,(H,17,18). The molecule has 1 heterocycles. The lowest BCUT2D eigenvalue weighted by atomic mass is 10.1. The van der Waals surface area contributed by atoms with E-state index in [1.807, 2.05) is 12.1 Å². The van der Waals surface area contributed by atoms with Gasteiger partial charge in [0.2, 0.25) is 0 Å². The average molecular weight is 279 g/mol. The number of aliphatic carboxylic acids is 1. The summed E-state index contributed by atoms with van der Waals surface area (Å²) in [4.78, 5) is 13.1. The number of nitrogens with zero attached hydrogens (tertiary/aromatic N) is 1. The van der Waals surface area contributed by atoms with E-state index >= 15 is 0 Å². The van der Waals surface area contributed by atoms with Crippen LogP contribution in [0.1, 0.15) is 25.0 Å². The second-order valence-corrected chi connectivity index (χ2v) is 7.22. The molecule has 104 valence electrons. The summed E-state index contributed by atoms with van der Waals surface area (Å²) in [6.45, 7) is 7.78. The van der Waals surface area contributed by atoms with Crippen molar-refractivity contribution in [3.63, 3.8) is 0 Å². The smallest absolute Gasteiger partial charge is 0.307 e. The van der Waals surface area contributed by atoms with E-state index in [2.05, 4.69) is 42.6 Å². The Balaban J connectivity index is 1.93. The molecule has 0 spiro atoms. The fourth-order valence-corrected chi connectivity index (χ4v) is 4.00. The van der Waals surface area contributed by atoms with Crippen molar-refractivity contribution in [2.45, 2.75) is 37.3 Å². The Morgan fingerprint density at radius 1 is 1.21 bits per heavy atom. The number of carboxylic acid groups (broad SMARTS) is 1. The van der Waals surface area contributed by atoms with E-state index in [4.69, 9.17) is 5.11 Å². The molecule has 1 saturated heterocycles. The molecule has 0 radical (unpaired) electrons. The Bertz CT molecular complexity index is 422. The molecule has 0 saturated carbocycles. The average Bonchev–Trinajstić information content (AvgIpc) is 2.29. The van der Waals surface area contributed by atoms with Gasteiger partial charge in [0, 0.05) is 30.1 Å².